The van der Waals surface area contributed by atoms with E-state index in [-0.39, 0.29) is 0 Å². The molecule has 0 saturated carbocycles. The maximum Gasteiger partial charge on any atom is 0.0258 e. The Bertz CT molecular complexity index is 329. The second kappa shape index (κ2) is 5.46. The highest BCUT2D eigenvalue weighted by atomic mass is 15.2. The lowest BCUT2D eigenvalue weighted by atomic mass is 10.0. The number of hydrogen-bond acceptors (Lipinski definition) is 2. The van der Waals surface area contributed by atoms with Crippen LogP contribution in [0.15, 0.2) is 24.3 Å². The molecule has 0 aromatic heterocycles. The minimum absolute atomic E-state index is 0.531. The van der Waals surface area contributed by atoms with Gasteiger partial charge in [-0.15, -0.1) is 0 Å². The molecule has 2 rings (SSSR count). The molecule has 0 radical (unpaired) electrons. The van der Waals surface area contributed by atoms with Crippen LogP contribution >= 0.6 is 0 Å². The van der Waals surface area contributed by atoms with E-state index in [1.54, 1.807) is 0 Å². The number of benzene rings is 1. The van der Waals surface area contributed by atoms with Gasteiger partial charge >= 0.3 is 0 Å². The van der Waals surface area contributed by atoms with Crippen molar-refractivity contribution in [1.29, 1.82) is 0 Å². The van der Waals surface area contributed by atoms with Crippen LogP contribution in [-0.2, 0) is 6.42 Å². The summed E-state index contributed by atoms with van der Waals surface area (Å²) >= 11 is 0. The molecule has 1 fully saturated rings. The lowest BCUT2D eigenvalue weighted by Crippen LogP contribution is -2.40. The fourth-order valence-corrected chi connectivity index (χ4v) is 2.56. The van der Waals surface area contributed by atoms with Crippen molar-refractivity contribution in [3.8, 4) is 0 Å². The molecule has 1 aliphatic heterocycles. The molecule has 1 aromatic rings. The van der Waals surface area contributed by atoms with Crippen molar-refractivity contribution in [3.63, 3.8) is 0 Å². The van der Waals surface area contributed by atoms with Crippen LogP contribution < -0.4 is 5.73 Å². The molecular formula is C14H22N2. The van der Waals surface area contributed by atoms with Crippen LogP contribution in [0.5, 0.6) is 0 Å². The highest BCUT2D eigenvalue weighted by molar-refractivity contribution is 5.26. The first-order valence-corrected chi connectivity index (χ1v) is 6.30. The summed E-state index contributed by atoms with van der Waals surface area (Å²) in [5.74, 6) is 0. The van der Waals surface area contributed by atoms with E-state index in [0.717, 1.165) is 13.0 Å². The van der Waals surface area contributed by atoms with Gasteiger partial charge in [-0.25, -0.2) is 0 Å². The van der Waals surface area contributed by atoms with Crippen LogP contribution in [0.3, 0.4) is 0 Å². The number of likely N-dealkylation sites (tertiary alicyclic amines) is 1. The number of hydrogen-bond donors (Lipinski definition) is 1. The van der Waals surface area contributed by atoms with Crippen LogP contribution in [0.2, 0.25) is 0 Å². The summed E-state index contributed by atoms with van der Waals surface area (Å²) < 4.78 is 0. The summed E-state index contributed by atoms with van der Waals surface area (Å²) in [6.45, 7) is 5.42. The Morgan fingerprint density at radius 2 is 1.94 bits per heavy atom. The van der Waals surface area contributed by atoms with Gasteiger partial charge in [-0.1, -0.05) is 24.3 Å². The second-order valence-electron chi connectivity index (χ2n) is 4.76. The average molecular weight is 218 g/mol. The van der Waals surface area contributed by atoms with Gasteiger partial charge in [0.05, 0.1) is 0 Å². The molecule has 1 heterocycles. The topological polar surface area (TPSA) is 29.3 Å². The Morgan fingerprint density at radius 1 is 1.25 bits per heavy atom. The molecule has 88 valence electrons. The van der Waals surface area contributed by atoms with Crippen LogP contribution in [0, 0.1) is 6.92 Å². The Morgan fingerprint density at radius 3 is 2.56 bits per heavy atom. The second-order valence-corrected chi connectivity index (χ2v) is 4.76. The lowest BCUT2D eigenvalue weighted by molar-refractivity contribution is 0.246. The van der Waals surface area contributed by atoms with E-state index in [2.05, 4.69) is 36.1 Å². The molecule has 0 bridgehead atoms. The van der Waals surface area contributed by atoms with Gasteiger partial charge < -0.3 is 5.73 Å². The molecule has 16 heavy (non-hydrogen) atoms. The lowest BCUT2D eigenvalue weighted by Gasteiger charge is -2.26. The SMILES string of the molecule is Cc1ccccc1CC(CN)N1CCCC1. The zero-order chi connectivity index (χ0) is 11.4. The zero-order valence-corrected chi connectivity index (χ0v) is 10.2. The van der Waals surface area contributed by atoms with Crippen LogP contribution in [0.1, 0.15) is 24.0 Å². The van der Waals surface area contributed by atoms with Gasteiger partial charge in [-0.2, -0.15) is 0 Å². The molecule has 0 spiro atoms. The molecule has 2 nitrogen and oxygen atoms in total. The summed E-state index contributed by atoms with van der Waals surface area (Å²) in [5, 5.41) is 0. The van der Waals surface area contributed by atoms with E-state index < -0.39 is 0 Å². The van der Waals surface area contributed by atoms with Crippen molar-refractivity contribution in [2.45, 2.75) is 32.2 Å². The van der Waals surface area contributed by atoms with E-state index in [4.69, 9.17) is 5.73 Å². The Balaban J connectivity index is 2.03. The van der Waals surface area contributed by atoms with Crippen molar-refractivity contribution >= 4 is 0 Å². The fraction of sp³-hybridized carbons (Fsp3) is 0.571. The normalized spacial score (nSPS) is 18.9. The molecule has 1 saturated heterocycles. The molecule has 1 atom stereocenters. The summed E-state index contributed by atoms with van der Waals surface area (Å²) in [6, 6.07) is 9.18. The monoisotopic (exact) mass is 218 g/mol. The quantitative estimate of drug-likeness (QED) is 0.837. The maximum absolute atomic E-state index is 5.91. The van der Waals surface area contributed by atoms with Gasteiger partial charge in [-0.05, 0) is 50.4 Å². The standard InChI is InChI=1S/C14H22N2/c1-12-6-2-3-7-13(12)10-14(11-15)16-8-4-5-9-16/h2-3,6-7,14H,4-5,8-11,15H2,1H3. The van der Waals surface area contributed by atoms with E-state index in [1.165, 1.54) is 37.1 Å². The van der Waals surface area contributed by atoms with Gasteiger partial charge in [-0.3, -0.25) is 4.90 Å². The van der Waals surface area contributed by atoms with Crippen LogP contribution in [0.25, 0.3) is 0 Å². The van der Waals surface area contributed by atoms with Gasteiger partial charge in [0.2, 0.25) is 0 Å². The molecule has 2 N–H and O–H groups in total. The smallest absolute Gasteiger partial charge is 0.0258 e. The summed E-state index contributed by atoms with van der Waals surface area (Å²) in [5.41, 5.74) is 8.75. The van der Waals surface area contributed by atoms with Crippen LogP contribution in [0.4, 0.5) is 0 Å². The minimum Gasteiger partial charge on any atom is -0.329 e. The number of nitrogens with two attached hydrogens (primary N) is 1. The maximum atomic E-state index is 5.91. The zero-order valence-electron chi connectivity index (χ0n) is 10.2. The van der Waals surface area contributed by atoms with E-state index in [9.17, 15) is 0 Å². The van der Waals surface area contributed by atoms with E-state index >= 15 is 0 Å². The molecule has 2 heteroatoms. The van der Waals surface area contributed by atoms with Crippen LogP contribution in [-0.4, -0.2) is 30.6 Å². The van der Waals surface area contributed by atoms with Gasteiger partial charge in [0.1, 0.15) is 0 Å². The first-order chi connectivity index (χ1) is 7.81. The van der Waals surface area contributed by atoms with Crippen molar-refractivity contribution in [1.82, 2.24) is 4.90 Å². The van der Waals surface area contributed by atoms with Gasteiger partial charge in [0.25, 0.3) is 0 Å². The first-order valence-electron chi connectivity index (χ1n) is 6.30. The third-order valence-corrected chi connectivity index (χ3v) is 3.65. The predicted molar refractivity (Wildman–Crippen MR) is 68.5 cm³/mol. The highest BCUT2D eigenvalue weighted by Gasteiger charge is 2.21. The third-order valence-electron chi connectivity index (χ3n) is 3.65. The van der Waals surface area contributed by atoms with E-state index in [1.807, 2.05) is 0 Å². The Labute approximate surface area is 98.4 Å². The molecule has 1 aromatic carbocycles. The fourth-order valence-electron chi connectivity index (χ4n) is 2.56. The third kappa shape index (κ3) is 2.63. The van der Waals surface area contributed by atoms with Crippen molar-refractivity contribution in [3.05, 3.63) is 35.4 Å². The van der Waals surface area contributed by atoms with Crippen molar-refractivity contribution < 1.29 is 0 Å². The van der Waals surface area contributed by atoms with E-state index in [0.29, 0.717) is 6.04 Å². The summed E-state index contributed by atoms with van der Waals surface area (Å²) in [7, 11) is 0. The number of nitrogens with zero attached hydrogens (tertiary/aromatic N) is 1. The highest BCUT2D eigenvalue weighted by Crippen LogP contribution is 2.17. The first kappa shape index (κ1) is 11.6. The summed E-state index contributed by atoms with van der Waals surface area (Å²) in [6.07, 6.45) is 3.78. The Kier molecular flexibility index (Phi) is 3.97. The molecule has 0 amide bonds. The largest absolute Gasteiger partial charge is 0.329 e. The predicted octanol–water partition coefficient (Wildman–Crippen LogP) is 1.96. The molecular weight excluding hydrogens is 196 g/mol. The minimum atomic E-state index is 0.531. The van der Waals surface area contributed by atoms with Gasteiger partial charge in [0, 0.05) is 12.6 Å². The molecule has 1 unspecified atom stereocenters. The molecule has 0 aliphatic carbocycles. The van der Waals surface area contributed by atoms with Gasteiger partial charge in [0.15, 0.2) is 0 Å². The number of aryl methyl sites for hydroxylation is 1. The summed E-state index contributed by atoms with van der Waals surface area (Å²) in [4.78, 5) is 2.55. The average Bonchev–Trinajstić information content (AvgIpc) is 2.81. The number of rotatable bonds is 4. The van der Waals surface area contributed by atoms with Crippen molar-refractivity contribution in [2.24, 2.45) is 5.73 Å². The Hall–Kier alpha value is -0.860. The molecule has 1 aliphatic rings. The van der Waals surface area contributed by atoms with Crippen molar-refractivity contribution in [2.75, 3.05) is 19.6 Å².